The molecule has 0 saturated carbocycles. The lowest BCUT2D eigenvalue weighted by molar-refractivity contribution is -0.149. The number of amides is 7. The number of benzene rings is 1. The monoisotopic (exact) mass is 925 g/mol. The molecule has 0 aliphatic carbocycles. The summed E-state index contributed by atoms with van der Waals surface area (Å²) in [6, 6.07) is 4.97. The number of imide groups is 1. The largest absolute Gasteiger partial charge is 0.480 e. The molecule has 1 fully saturated rings. The van der Waals surface area contributed by atoms with Crippen LogP contribution in [0.25, 0.3) is 0 Å². The molecule has 3 rings (SSSR count). The van der Waals surface area contributed by atoms with Crippen molar-refractivity contribution < 1.29 is 52.9 Å². The van der Waals surface area contributed by atoms with Gasteiger partial charge in [0.2, 0.25) is 29.5 Å². The molecule has 2 heterocycles. The van der Waals surface area contributed by atoms with E-state index in [1.807, 2.05) is 47.6 Å². The number of hydrogen-bond donors (Lipinski definition) is 3. The summed E-state index contributed by atoms with van der Waals surface area (Å²) < 4.78 is 11.9. The van der Waals surface area contributed by atoms with Crippen molar-refractivity contribution in [3.05, 3.63) is 48.0 Å². The Morgan fingerprint density at radius 2 is 1.47 bits per heavy atom. The number of carboxylic acid groups (broad SMARTS) is 1. The zero-order chi connectivity index (χ0) is 49.4. The van der Waals surface area contributed by atoms with Crippen LogP contribution in [-0.2, 0) is 54.3 Å². The number of unbranched alkanes of at least 4 members (excludes halogenated alkanes) is 2. The van der Waals surface area contributed by atoms with Gasteiger partial charge in [-0.25, -0.2) is 4.79 Å². The summed E-state index contributed by atoms with van der Waals surface area (Å²) in [5, 5.41) is 15.6. The van der Waals surface area contributed by atoms with Crippen molar-refractivity contribution in [1.29, 1.82) is 0 Å². The number of carbonyl (C=O) groups excluding carboxylic acids is 7. The van der Waals surface area contributed by atoms with Crippen LogP contribution in [0.3, 0.4) is 0 Å². The first-order valence-corrected chi connectivity index (χ1v) is 23.5. The third-order valence-corrected chi connectivity index (χ3v) is 13.3. The summed E-state index contributed by atoms with van der Waals surface area (Å²) in [6.07, 6.45) is 4.72. The Bertz CT molecular complexity index is 1840. The smallest absolute Gasteiger partial charge is 0.326 e. The second kappa shape index (κ2) is 26.2. The van der Waals surface area contributed by atoms with Crippen molar-refractivity contribution in [3.63, 3.8) is 0 Å². The highest BCUT2D eigenvalue weighted by molar-refractivity contribution is 6.12. The first-order valence-electron chi connectivity index (χ1n) is 23.5. The van der Waals surface area contributed by atoms with Crippen molar-refractivity contribution in [3.8, 4) is 0 Å². The maximum Gasteiger partial charge on any atom is 0.326 e. The molecule has 0 bridgehead atoms. The van der Waals surface area contributed by atoms with Gasteiger partial charge in [0.15, 0.2) is 0 Å². The molecule has 7 amide bonds. The zero-order valence-electron chi connectivity index (χ0n) is 41.0. The fourth-order valence-corrected chi connectivity index (χ4v) is 9.26. The maximum atomic E-state index is 14.6. The Morgan fingerprint density at radius 1 is 0.833 bits per heavy atom. The van der Waals surface area contributed by atoms with Gasteiger partial charge in [-0.05, 0) is 49.0 Å². The number of nitrogens with one attached hydrogen (secondary N) is 2. The van der Waals surface area contributed by atoms with Crippen LogP contribution in [0.5, 0.6) is 0 Å². The van der Waals surface area contributed by atoms with Gasteiger partial charge in [-0.2, -0.15) is 0 Å². The number of likely N-dealkylation sites (N-methyl/N-ethyl adjacent to an activating group) is 2. The highest BCUT2D eigenvalue weighted by Crippen LogP contribution is 2.30. The number of carboxylic acids is 1. The van der Waals surface area contributed by atoms with E-state index in [1.165, 1.54) is 36.2 Å². The lowest BCUT2D eigenvalue weighted by Gasteiger charge is -2.41. The minimum absolute atomic E-state index is 0.0818. The molecule has 66 heavy (non-hydrogen) atoms. The van der Waals surface area contributed by atoms with Gasteiger partial charge in [-0.1, -0.05) is 91.6 Å². The molecule has 0 spiro atoms. The highest BCUT2D eigenvalue weighted by atomic mass is 16.5. The fraction of sp³-hybridized carbons (Fsp3) is 0.673. The number of carbonyl (C=O) groups is 8. The summed E-state index contributed by atoms with van der Waals surface area (Å²) in [4.78, 5) is 112. The second-order valence-corrected chi connectivity index (χ2v) is 18.6. The van der Waals surface area contributed by atoms with E-state index in [0.29, 0.717) is 45.1 Å². The second-order valence-electron chi connectivity index (χ2n) is 18.6. The topological polar surface area (TPSA) is 212 Å². The van der Waals surface area contributed by atoms with Gasteiger partial charge in [0.25, 0.3) is 11.8 Å². The molecule has 1 aromatic carbocycles. The van der Waals surface area contributed by atoms with Gasteiger partial charge >= 0.3 is 5.97 Å². The van der Waals surface area contributed by atoms with E-state index in [1.54, 1.807) is 55.1 Å². The normalized spacial score (nSPS) is 18.7. The van der Waals surface area contributed by atoms with Crippen LogP contribution in [0, 0.1) is 23.7 Å². The molecule has 3 N–H and O–H groups in total. The molecule has 2 unspecified atom stereocenters. The van der Waals surface area contributed by atoms with Gasteiger partial charge in [0, 0.05) is 66.4 Å². The van der Waals surface area contributed by atoms with Crippen LogP contribution in [-0.4, -0.2) is 156 Å². The molecule has 2 aliphatic heterocycles. The van der Waals surface area contributed by atoms with Crippen molar-refractivity contribution >= 4 is 47.3 Å². The highest BCUT2D eigenvalue weighted by Gasteiger charge is 2.44. The van der Waals surface area contributed by atoms with E-state index >= 15 is 0 Å². The van der Waals surface area contributed by atoms with E-state index in [0.717, 1.165) is 5.56 Å². The summed E-state index contributed by atoms with van der Waals surface area (Å²) in [5.41, 5.74) is 0.762. The summed E-state index contributed by atoms with van der Waals surface area (Å²) in [6.45, 7) is 13.6. The summed E-state index contributed by atoms with van der Waals surface area (Å²) >= 11 is 0. The molecular weight excluding hydrogens is 849 g/mol. The predicted molar refractivity (Wildman–Crippen MR) is 248 cm³/mol. The lowest BCUT2D eigenvalue weighted by Crippen LogP contribution is -2.60. The van der Waals surface area contributed by atoms with E-state index in [4.69, 9.17) is 9.47 Å². The number of rotatable bonds is 27. The predicted octanol–water partition coefficient (Wildman–Crippen LogP) is 3.83. The fourth-order valence-electron chi connectivity index (χ4n) is 9.26. The van der Waals surface area contributed by atoms with Crippen molar-refractivity contribution in [2.45, 2.75) is 149 Å². The van der Waals surface area contributed by atoms with Crippen LogP contribution in [0.2, 0.25) is 0 Å². The maximum absolute atomic E-state index is 14.6. The first-order chi connectivity index (χ1) is 31.2. The Hall–Kier alpha value is -5.16. The van der Waals surface area contributed by atoms with Gasteiger partial charge < -0.3 is 39.9 Å². The van der Waals surface area contributed by atoms with Crippen LogP contribution in [0.4, 0.5) is 0 Å². The number of likely N-dealkylation sites (tertiary alicyclic amines) is 1. The number of hydrogen-bond acceptors (Lipinski definition) is 10. The minimum Gasteiger partial charge on any atom is -0.480 e. The number of methoxy groups -OCH3 is 2. The van der Waals surface area contributed by atoms with Crippen LogP contribution < -0.4 is 10.6 Å². The Kier molecular flexibility index (Phi) is 21.9. The van der Waals surface area contributed by atoms with Gasteiger partial charge in [-0.3, -0.25) is 38.5 Å². The molecule has 1 saturated heterocycles. The number of aliphatic carboxylic acids is 1. The van der Waals surface area contributed by atoms with Gasteiger partial charge in [-0.15, -0.1) is 0 Å². The molecule has 0 aromatic heterocycles. The minimum atomic E-state index is -1.16. The Balaban J connectivity index is 1.71. The molecule has 0 radical (unpaired) electrons. The lowest BCUT2D eigenvalue weighted by atomic mass is 9.89. The molecule has 1 aromatic rings. The van der Waals surface area contributed by atoms with Crippen molar-refractivity contribution in [2.24, 2.45) is 23.7 Å². The molecular formula is C49H76N6O11. The first kappa shape index (κ1) is 55.2. The molecule has 2 aliphatic rings. The Labute approximate surface area is 391 Å². The summed E-state index contributed by atoms with van der Waals surface area (Å²) in [7, 11) is 6.21. The molecule has 368 valence electrons. The van der Waals surface area contributed by atoms with Crippen molar-refractivity contribution in [2.75, 3.05) is 41.4 Å². The average Bonchev–Trinajstić information content (AvgIpc) is 3.89. The average molecular weight is 925 g/mol. The molecule has 17 nitrogen and oxygen atoms in total. The van der Waals surface area contributed by atoms with Crippen LogP contribution in [0.1, 0.15) is 105 Å². The van der Waals surface area contributed by atoms with Gasteiger partial charge in [0.1, 0.15) is 18.1 Å². The number of ether oxygens (including phenoxy) is 2. The number of nitrogens with zero attached hydrogens (tertiary/aromatic N) is 4. The molecule has 9 atom stereocenters. The third kappa shape index (κ3) is 14.7. The van der Waals surface area contributed by atoms with Gasteiger partial charge in [0.05, 0.1) is 36.6 Å². The molecule has 17 heteroatoms. The van der Waals surface area contributed by atoms with Crippen molar-refractivity contribution in [1.82, 2.24) is 30.2 Å². The quantitative estimate of drug-likeness (QED) is 0.0853. The zero-order valence-corrected chi connectivity index (χ0v) is 41.0. The van der Waals surface area contributed by atoms with E-state index < -0.39 is 66.1 Å². The van der Waals surface area contributed by atoms with E-state index in [2.05, 4.69) is 10.6 Å². The van der Waals surface area contributed by atoms with E-state index in [9.17, 15) is 43.5 Å². The van der Waals surface area contributed by atoms with Crippen LogP contribution in [0.15, 0.2) is 42.5 Å². The SMILES string of the molecule is CC[C@H](C)[C@@H](C(CC(=O)N1CCC[C@H]1C(OC)[C@@H](C)C(=O)N[C@@H](Cc1ccccc1)C(=O)O)OC)N(C)C(=O)[C@@H](NC(=O)[C@H](C(C)C)N(C)C(=O)CCCCCN1C(=O)C=CC1=O)C(C)C. The Morgan fingerprint density at radius 3 is 2.02 bits per heavy atom. The standard InChI is InChI=1S/C49H76N6O11/c1-12-32(6)44(37(65-10)29-41(59)54-27-19-22-36(54)45(66-11)33(7)46(60)50-35(49(63)64)28-34-20-15-13-16-21-34)53(9)48(62)42(30(2)3)51-47(61)43(31(4)5)52(8)38(56)23-17-14-18-26-55-39(57)24-25-40(55)58/h13,15-16,20-21,24-25,30-33,35-37,42-45H,12,14,17-19,22-23,26-29H2,1-11H3,(H,50,60)(H,51,61)(H,63,64)/t32-,33+,35-,36-,37?,42-,43-,44-,45?/m0/s1. The van der Waals surface area contributed by atoms with E-state index in [-0.39, 0.29) is 73.1 Å². The summed E-state index contributed by atoms with van der Waals surface area (Å²) in [5.74, 6) is -5.24. The van der Waals surface area contributed by atoms with Crippen LogP contribution >= 0.6 is 0 Å². The third-order valence-electron chi connectivity index (χ3n) is 13.3.